The number of allylic oxidation sites excluding steroid dienone is 1. The molecule has 0 unspecified atom stereocenters. The summed E-state index contributed by atoms with van der Waals surface area (Å²) in [5.74, 6) is 0. The molecular weight excluding hydrogens is 374 g/mol. The standard InChI is InChI=1S/C10H10I2/c1-8-2-4-9(5-3-8)6-10(12)7-11/h2-6H,7H2,1H3/b10-6-. The average molecular weight is 384 g/mol. The zero-order valence-corrected chi connectivity index (χ0v) is 11.2. The van der Waals surface area contributed by atoms with Gasteiger partial charge in [0.2, 0.25) is 0 Å². The van der Waals surface area contributed by atoms with E-state index in [1.165, 1.54) is 14.7 Å². The monoisotopic (exact) mass is 384 g/mol. The molecule has 0 fully saturated rings. The van der Waals surface area contributed by atoms with Gasteiger partial charge in [-0.15, -0.1) is 0 Å². The van der Waals surface area contributed by atoms with E-state index in [0.717, 1.165) is 4.43 Å². The number of alkyl halides is 1. The first-order chi connectivity index (χ1) is 5.72. The van der Waals surface area contributed by atoms with Gasteiger partial charge in [-0.3, -0.25) is 0 Å². The van der Waals surface area contributed by atoms with Gasteiger partial charge in [0.25, 0.3) is 0 Å². The molecule has 0 nitrogen and oxygen atoms in total. The van der Waals surface area contributed by atoms with E-state index >= 15 is 0 Å². The van der Waals surface area contributed by atoms with E-state index < -0.39 is 0 Å². The Bertz CT molecular complexity index is 272. The number of aryl methyl sites for hydroxylation is 1. The highest BCUT2D eigenvalue weighted by Gasteiger charge is 1.90. The predicted molar refractivity (Wildman–Crippen MR) is 72.1 cm³/mol. The largest absolute Gasteiger partial charge is 0.0807 e. The molecule has 1 rings (SSSR count). The maximum Gasteiger partial charge on any atom is 0.0305 e. The minimum Gasteiger partial charge on any atom is -0.0807 e. The molecule has 0 atom stereocenters. The highest BCUT2D eigenvalue weighted by Crippen LogP contribution is 2.15. The van der Waals surface area contributed by atoms with Crippen LogP contribution in [0.15, 0.2) is 27.8 Å². The lowest BCUT2D eigenvalue weighted by molar-refractivity contribution is 1.46. The van der Waals surface area contributed by atoms with E-state index in [0.29, 0.717) is 0 Å². The van der Waals surface area contributed by atoms with Crippen LogP contribution in [0.4, 0.5) is 0 Å². The van der Waals surface area contributed by atoms with Crippen molar-refractivity contribution in [1.29, 1.82) is 0 Å². The van der Waals surface area contributed by atoms with Crippen molar-refractivity contribution < 1.29 is 0 Å². The Morgan fingerprint density at radius 1 is 1.33 bits per heavy atom. The molecule has 64 valence electrons. The molecule has 0 heterocycles. The number of halogens is 2. The summed E-state index contributed by atoms with van der Waals surface area (Å²) in [4.78, 5) is 0. The molecule has 0 aliphatic heterocycles. The highest BCUT2D eigenvalue weighted by atomic mass is 127. The van der Waals surface area contributed by atoms with Crippen molar-refractivity contribution in [3.63, 3.8) is 0 Å². The van der Waals surface area contributed by atoms with Crippen molar-refractivity contribution in [3.05, 3.63) is 39.0 Å². The van der Waals surface area contributed by atoms with Crippen molar-refractivity contribution in [2.75, 3.05) is 4.43 Å². The fourth-order valence-electron chi connectivity index (χ4n) is 0.882. The second kappa shape index (κ2) is 5.21. The van der Waals surface area contributed by atoms with Gasteiger partial charge in [-0.25, -0.2) is 0 Å². The van der Waals surface area contributed by atoms with Crippen molar-refractivity contribution in [3.8, 4) is 0 Å². The molecule has 12 heavy (non-hydrogen) atoms. The lowest BCUT2D eigenvalue weighted by Gasteiger charge is -1.95. The molecule has 0 aromatic heterocycles. The highest BCUT2D eigenvalue weighted by molar-refractivity contribution is 14.1. The summed E-state index contributed by atoms with van der Waals surface area (Å²) in [7, 11) is 0. The molecule has 0 aliphatic rings. The summed E-state index contributed by atoms with van der Waals surface area (Å²) in [6.07, 6.45) is 2.21. The van der Waals surface area contributed by atoms with E-state index in [-0.39, 0.29) is 0 Å². The van der Waals surface area contributed by atoms with E-state index in [1.807, 2.05) is 0 Å². The van der Waals surface area contributed by atoms with Gasteiger partial charge in [0.1, 0.15) is 0 Å². The fourth-order valence-corrected chi connectivity index (χ4v) is 1.46. The smallest absolute Gasteiger partial charge is 0.0305 e. The summed E-state index contributed by atoms with van der Waals surface area (Å²) >= 11 is 4.74. The molecule has 0 saturated carbocycles. The summed E-state index contributed by atoms with van der Waals surface area (Å²) in [5.41, 5.74) is 2.61. The topological polar surface area (TPSA) is 0 Å². The Labute approximate surface area is 101 Å². The van der Waals surface area contributed by atoms with Crippen molar-refractivity contribution in [2.45, 2.75) is 6.92 Å². The molecule has 0 N–H and O–H groups in total. The van der Waals surface area contributed by atoms with Gasteiger partial charge >= 0.3 is 0 Å². The van der Waals surface area contributed by atoms with Gasteiger partial charge in [-0.2, -0.15) is 0 Å². The van der Waals surface area contributed by atoms with Gasteiger partial charge < -0.3 is 0 Å². The first-order valence-electron chi connectivity index (χ1n) is 3.71. The third-order valence-corrected chi connectivity index (χ3v) is 4.50. The maximum absolute atomic E-state index is 2.37. The zero-order chi connectivity index (χ0) is 8.97. The van der Waals surface area contributed by atoms with E-state index in [4.69, 9.17) is 0 Å². The van der Waals surface area contributed by atoms with Crippen molar-refractivity contribution in [1.82, 2.24) is 0 Å². The molecule has 0 bridgehead atoms. The zero-order valence-electron chi connectivity index (χ0n) is 6.85. The van der Waals surface area contributed by atoms with Crippen LogP contribution < -0.4 is 0 Å². The fraction of sp³-hybridized carbons (Fsp3) is 0.200. The Kier molecular flexibility index (Phi) is 4.56. The first-order valence-corrected chi connectivity index (χ1v) is 6.31. The Morgan fingerprint density at radius 2 is 1.92 bits per heavy atom. The van der Waals surface area contributed by atoms with E-state index in [1.54, 1.807) is 0 Å². The van der Waals surface area contributed by atoms with Crippen LogP contribution in [0.3, 0.4) is 0 Å². The SMILES string of the molecule is Cc1ccc(/C=C(\I)CI)cc1. The van der Waals surface area contributed by atoms with Crippen LogP contribution in [0.2, 0.25) is 0 Å². The van der Waals surface area contributed by atoms with E-state index in [2.05, 4.69) is 82.4 Å². The normalized spacial score (nSPS) is 11.8. The Hall–Kier alpha value is 0.420. The van der Waals surface area contributed by atoms with Gasteiger partial charge in [0.05, 0.1) is 0 Å². The summed E-state index contributed by atoms with van der Waals surface area (Å²) < 4.78 is 2.48. The first kappa shape index (κ1) is 10.5. The molecule has 1 aromatic rings. The second-order valence-corrected chi connectivity index (χ2v) is 4.78. The predicted octanol–water partition coefficient (Wildman–Crippen LogP) is 4.21. The number of rotatable bonds is 2. The third kappa shape index (κ3) is 3.43. The minimum atomic E-state index is 1.09. The number of hydrogen-bond donors (Lipinski definition) is 0. The summed E-state index contributed by atoms with van der Waals surface area (Å²) in [6, 6.07) is 8.59. The lowest BCUT2D eigenvalue weighted by atomic mass is 10.1. The molecule has 1 aromatic carbocycles. The number of benzene rings is 1. The Morgan fingerprint density at radius 3 is 2.42 bits per heavy atom. The molecule has 0 spiro atoms. The van der Waals surface area contributed by atoms with Gasteiger partial charge in [-0.1, -0.05) is 52.4 Å². The molecule has 0 aliphatic carbocycles. The third-order valence-electron chi connectivity index (χ3n) is 1.53. The maximum atomic E-state index is 2.37. The molecular formula is C10H10I2. The van der Waals surface area contributed by atoms with Crippen LogP contribution >= 0.6 is 45.2 Å². The van der Waals surface area contributed by atoms with Crippen molar-refractivity contribution in [2.24, 2.45) is 0 Å². The van der Waals surface area contributed by atoms with Crippen LogP contribution in [-0.2, 0) is 0 Å². The van der Waals surface area contributed by atoms with Crippen LogP contribution in [-0.4, -0.2) is 4.43 Å². The molecule has 0 radical (unpaired) electrons. The quantitative estimate of drug-likeness (QED) is 0.530. The number of hydrogen-bond acceptors (Lipinski definition) is 0. The van der Waals surface area contributed by atoms with Gasteiger partial charge in [0, 0.05) is 8.01 Å². The lowest BCUT2D eigenvalue weighted by Crippen LogP contribution is -1.76. The molecule has 0 amide bonds. The van der Waals surface area contributed by atoms with Crippen LogP contribution in [0.5, 0.6) is 0 Å². The van der Waals surface area contributed by atoms with Crippen LogP contribution in [0.1, 0.15) is 11.1 Å². The summed E-state index contributed by atoms with van der Waals surface area (Å²) in [5, 5.41) is 0. The molecule has 2 heteroatoms. The minimum absolute atomic E-state index is 1.09. The summed E-state index contributed by atoms with van der Waals surface area (Å²) in [6.45, 7) is 2.11. The van der Waals surface area contributed by atoms with Crippen LogP contribution in [0, 0.1) is 6.92 Å². The molecule has 0 saturated heterocycles. The Balaban J connectivity index is 2.84. The average Bonchev–Trinajstić information content (AvgIpc) is 2.09. The van der Waals surface area contributed by atoms with Crippen LogP contribution in [0.25, 0.3) is 6.08 Å². The van der Waals surface area contributed by atoms with Crippen molar-refractivity contribution >= 4 is 51.3 Å². The van der Waals surface area contributed by atoms with Gasteiger partial charge in [-0.05, 0) is 41.2 Å². The van der Waals surface area contributed by atoms with Gasteiger partial charge in [0.15, 0.2) is 0 Å². The van der Waals surface area contributed by atoms with E-state index in [9.17, 15) is 0 Å². The second-order valence-electron chi connectivity index (χ2n) is 2.64.